The number of hydrogen-bond acceptors (Lipinski definition) is 2. The molecule has 0 aromatic heterocycles. The van der Waals surface area contributed by atoms with Gasteiger partial charge in [-0.2, -0.15) is 0 Å². The minimum atomic E-state index is 0.331. The van der Waals surface area contributed by atoms with Crippen LogP contribution in [0.5, 0.6) is 0 Å². The Labute approximate surface area is 92.8 Å². The summed E-state index contributed by atoms with van der Waals surface area (Å²) in [6.07, 6.45) is 7.12. The van der Waals surface area contributed by atoms with Gasteiger partial charge < -0.3 is 5.32 Å². The second-order valence-electron chi connectivity index (χ2n) is 5.40. The topological polar surface area (TPSA) is 29.1 Å². The zero-order valence-electron chi connectivity index (χ0n) is 9.80. The highest BCUT2D eigenvalue weighted by atomic mass is 16.1. The van der Waals surface area contributed by atoms with Gasteiger partial charge in [0.1, 0.15) is 5.78 Å². The van der Waals surface area contributed by atoms with E-state index in [2.05, 4.69) is 12.2 Å². The Balaban J connectivity index is 1.84. The van der Waals surface area contributed by atoms with Gasteiger partial charge in [0.2, 0.25) is 0 Å². The molecule has 15 heavy (non-hydrogen) atoms. The normalized spacial score (nSPS) is 37.5. The molecule has 0 aromatic carbocycles. The molecule has 1 atom stereocenters. The Morgan fingerprint density at radius 1 is 1.07 bits per heavy atom. The van der Waals surface area contributed by atoms with Crippen LogP contribution < -0.4 is 5.32 Å². The first-order chi connectivity index (χ1) is 7.27. The van der Waals surface area contributed by atoms with Gasteiger partial charge in [-0.15, -0.1) is 0 Å². The zero-order valence-corrected chi connectivity index (χ0v) is 9.80. The Hall–Kier alpha value is -0.370. The lowest BCUT2D eigenvalue weighted by Crippen LogP contribution is -2.38. The van der Waals surface area contributed by atoms with Crippen LogP contribution in [0.3, 0.4) is 0 Å². The quantitative estimate of drug-likeness (QED) is 0.756. The van der Waals surface area contributed by atoms with Gasteiger partial charge in [0.05, 0.1) is 0 Å². The zero-order chi connectivity index (χ0) is 10.7. The molecular formula is C13H23NO. The number of piperidine rings is 1. The molecule has 2 fully saturated rings. The van der Waals surface area contributed by atoms with Gasteiger partial charge >= 0.3 is 0 Å². The van der Waals surface area contributed by atoms with Crippen LogP contribution >= 0.6 is 0 Å². The lowest BCUT2D eigenvalue weighted by Gasteiger charge is -2.30. The van der Waals surface area contributed by atoms with Crippen LogP contribution in [-0.4, -0.2) is 18.9 Å². The number of ketones is 1. The SMILES string of the molecule is CC1CCC(C(=O)C2CCCNC2)CC1. The largest absolute Gasteiger partial charge is 0.316 e. The molecule has 2 nitrogen and oxygen atoms in total. The molecule has 1 aliphatic carbocycles. The van der Waals surface area contributed by atoms with Gasteiger partial charge in [-0.3, -0.25) is 4.79 Å². The van der Waals surface area contributed by atoms with Crippen LogP contribution in [0.4, 0.5) is 0 Å². The minimum absolute atomic E-state index is 0.331. The van der Waals surface area contributed by atoms with E-state index in [1.807, 2.05) is 0 Å². The molecule has 1 saturated heterocycles. The predicted octanol–water partition coefficient (Wildman–Crippen LogP) is 2.38. The van der Waals surface area contributed by atoms with E-state index in [4.69, 9.17) is 0 Å². The van der Waals surface area contributed by atoms with Crippen molar-refractivity contribution < 1.29 is 4.79 Å². The van der Waals surface area contributed by atoms with Crippen LogP contribution in [0.15, 0.2) is 0 Å². The van der Waals surface area contributed by atoms with E-state index in [9.17, 15) is 4.79 Å². The standard InChI is InChI=1S/C13H23NO/c1-10-4-6-11(7-5-10)13(15)12-3-2-8-14-9-12/h10-12,14H,2-9H2,1H3. The third-order valence-electron chi connectivity index (χ3n) is 4.12. The molecule has 1 saturated carbocycles. The Bertz CT molecular complexity index is 213. The summed E-state index contributed by atoms with van der Waals surface area (Å²) in [5, 5.41) is 3.34. The maximum absolute atomic E-state index is 12.2. The van der Waals surface area contributed by atoms with Crippen LogP contribution in [0.25, 0.3) is 0 Å². The van der Waals surface area contributed by atoms with Gasteiger partial charge in [-0.05, 0) is 38.1 Å². The Morgan fingerprint density at radius 2 is 1.80 bits per heavy atom. The van der Waals surface area contributed by atoms with Gasteiger partial charge in [0, 0.05) is 18.4 Å². The second kappa shape index (κ2) is 5.11. The first-order valence-corrected chi connectivity index (χ1v) is 6.52. The average Bonchev–Trinajstić information content (AvgIpc) is 2.30. The summed E-state index contributed by atoms with van der Waals surface area (Å²) < 4.78 is 0. The summed E-state index contributed by atoms with van der Waals surface area (Å²) in [4.78, 5) is 12.2. The molecule has 0 amide bonds. The first-order valence-electron chi connectivity index (χ1n) is 6.52. The molecule has 86 valence electrons. The van der Waals surface area contributed by atoms with E-state index < -0.39 is 0 Å². The maximum atomic E-state index is 12.2. The highest BCUT2D eigenvalue weighted by molar-refractivity contribution is 5.83. The predicted molar refractivity (Wildman–Crippen MR) is 61.7 cm³/mol. The number of carbonyl (C=O) groups excluding carboxylic acids is 1. The summed E-state index contributed by atoms with van der Waals surface area (Å²) in [7, 11) is 0. The molecular weight excluding hydrogens is 186 g/mol. The first kappa shape index (κ1) is 11.1. The fourth-order valence-electron chi connectivity index (χ4n) is 2.97. The molecule has 1 N–H and O–H groups in total. The van der Waals surface area contributed by atoms with Crippen molar-refractivity contribution in [3.8, 4) is 0 Å². The third kappa shape index (κ3) is 2.81. The van der Waals surface area contributed by atoms with Crippen molar-refractivity contribution in [2.75, 3.05) is 13.1 Å². The summed E-state index contributed by atoms with van der Waals surface area (Å²) in [5.41, 5.74) is 0. The highest BCUT2D eigenvalue weighted by Gasteiger charge is 2.30. The van der Waals surface area contributed by atoms with Crippen LogP contribution in [-0.2, 0) is 4.79 Å². The average molecular weight is 209 g/mol. The molecule has 1 unspecified atom stereocenters. The van der Waals surface area contributed by atoms with Crippen molar-refractivity contribution >= 4 is 5.78 Å². The maximum Gasteiger partial charge on any atom is 0.140 e. The van der Waals surface area contributed by atoms with Gasteiger partial charge in [0.25, 0.3) is 0 Å². The molecule has 1 heterocycles. The van der Waals surface area contributed by atoms with E-state index in [-0.39, 0.29) is 0 Å². The summed E-state index contributed by atoms with van der Waals surface area (Å²) >= 11 is 0. The molecule has 0 aromatic rings. The number of carbonyl (C=O) groups is 1. The highest BCUT2D eigenvalue weighted by Crippen LogP contribution is 2.31. The van der Waals surface area contributed by atoms with Crippen molar-refractivity contribution in [2.24, 2.45) is 17.8 Å². The number of rotatable bonds is 2. The number of Topliss-reactive ketones (excluding diaryl/α,β-unsaturated/α-hetero) is 1. The van der Waals surface area contributed by atoms with Crippen molar-refractivity contribution in [3.05, 3.63) is 0 Å². The molecule has 2 rings (SSSR count). The van der Waals surface area contributed by atoms with E-state index >= 15 is 0 Å². The molecule has 1 aliphatic heterocycles. The summed E-state index contributed by atoms with van der Waals surface area (Å²) in [6.45, 7) is 4.35. The van der Waals surface area contributed by atoms with E-state index in [1.54, 1.807) is 0 Å². The van der Waals surface area contributed by atoms with Gasteiger partial charge in [0.15, 0.2) is 0 Å². The summed E-state index contributed by atoms with van der Waals surface area (Å²) in [5.74, 6) is 2.14. The van der Waals surface area contributed by atoms with Crippen molar-refractivity contribution in [1.29, 1.82) is 0 Å². The summed E-state index contributed by atoms with van der Waals surface area (Å²) in [6, 6.07) is 0. The van der Waals surface area contributed by atoms with Gasteiger partial charge in [-0.25, -0.2) is 0 Å². The van der Waals surface area contributed by atoms with Crippen molar-refractivity contribution in [2.45, 2.75) is 45.4 Å². The lowest BCUT2D eigenvalue weighted by molar-refractivity contribution is -0.128. The van der Waals surface area contributed by atoms with Crippen LogP contribution in [0.2, 0.25) is 0 Å². The molecule has 2 heteroatoms. The Morgan fingerprint density at radius 3 is 2.40 bits per heavy atom. The molecule has 0 bridgehead atoms. The lowest BCUT2D eigenvalue weighted by atomic mass is 9.76. The molecule has 0 spiro atoms. The fraction of sp³-hybridized carbons (Fsp3) is 0.923. The third-order valence-corrected chi connectivity index (χ3v) is 4.12. The fourth-order valence-corrected chi connectivity index (χ4v) is 2.97. The van der Waals surface area contributed by atoms with Crippen molar-refractivity contribution in [3.63, 3.8) is 0 Å². The Kier molecular flexibility index (Phi) is 3.79. The van der Waals surface area contributed by atoms with Gasteiger partial charge in [-0.1, -0.05) is 19.8 Å². The number of hydrogen-bond donors (Lipinski definition) is 1. The van der Waals surface area contributed by atoms with Crippen LogP contribution in [0.1, 0.15) is 45.4 Å². The molecule has 0 radical (unpaired) electrons. The second-order valence-corrected chi connectivity index (χ2v) is 5.40. The van der Waals surface area contributed by atoms with Crippen molar-refractivity contribution in [1.82, 2.24) is 5.32 Å². The smallest absolute Gasteiger partial charge is 0.140 e. The van der Waals surface area contributed by atoms with E-state index in [0.29, 0.717) is 17.6 Å². The molecule has 2 aliphatic rings. The minimum Gasteiger partial charge on any atom is -0.316 e. The number of nitrogens with one attached hydrogen (secondary N) is 1. The van der Waals surface area contributed by atoms with Crippen LogP contribution in [0, 0.1) is 17.8 Å². The monoisotopic (exact) mass is 209 g/mol. The van der Waals surface area contributed by atoms with E-state index in [1.165, 1.54) is 19.3 Å². The van der Waals surface area contributed by atoms with E-state index in [0.717, 1.165) is 38.3 Å².